The van der Waals surface area contributed by atoms with Gasteiger partial charge in [-0.2, -0.15) is 0 Å². The Morgan fingerprint density at radius 3 is 2.51 bits per heavy atom. The van der Waals surface area contributed by atoms with Gasteiger partial charge in [0.05, 0.1) is 27.2 Å². The molecule has 1 atom stereocenters. The molecule has 2 amide bonds. The standard InChI is InChI=1S/C25H25F2N5O2S/c1-13(25(2,3)4)31-23(33)15-11-28-22-21(15)32-18(12-29-22)19-8-9-20(35-19)24(34)30-10-14-16(26)6-5-7-17(14)27/h5-9,11-13H,10H2,1-4H3,(H,28,29)(H,30,34)(H,31,33)/t13-/m0/s1. The van der Waals surface area contributed by atoms with Gasteiger partial charge in [0.15, 0.2) is 5.65 Å². The fourth-order valence-electron chi connectivity index (χ4n) is 3.23. The van der Waals surface area contributed by atoms with E-state index in [1.54, 1.807) is 24.5 Å². The van der Waals surface area contributed by atoms with E-state index in [-0.39, 0.29) is 29.5 Å². The number of halogens is 2. The first kappa shape index (κ1) is 24.5. The van der Waals surface area contributed by atoms with Crippen LogP contribution < -0.4 is 10.6 Å². The Balaban J connectivity index is 1.52. The molecule has 3 aromatic heterocycles. The van der Waals surface area contributed by atoms with Crippen LogP contribution in [-0.4, -0.2) is 32.8 Å². The molecule has 0 radical (unpaired) electrons. The molecule has 4 rings (SSSR count). The van der Waals surface area contributed by atoms with Crippen molar-refractivity contribution in [3.63, 3.8) is 0 Å². The number of amides is 2. The first-order valence-corrected chi connectivity index (χ1v) is 11.8. The van der Waals surface area contributed by atoms with Gasteiger partial charge in [-0.05, 0) is 36.6 Å². The van der Waals surface area contributed by atoms with E-state index in [4.69, 9.17) is 0 Å². The lowest BCUT2D eigenvalue weighted by Gasteiger charge is -2.27. The molecule has 3 heterocycles. The normalized spacial score (nSPS) is 12.5. The summed E-state index contributed by atoms with van der Waals surface area (Å²) in [4.78, 5) is 38.4. The van der Waals surface area contributed by atoms with E-state index in [1.807, 2.05) is 27.7 Å². The van der Waals surface area contributed by atoms with Crippen molar-refractivity contribution in [3.05, 3.63) is 70.4 Å². The van der Waals surface area contributed by atoms with Crippen molar-refractivity contribution < 1.29 is 18.4 Å². The summed E-state index contributed by atoms with van der Waals surface area (Å²) in [6, 6.07) is 6.81. The number of rotatable bonds is 6. The number of carbonyl (C=O) groups is 2. The van der Waals surface area contributed by atoms with Crippen LogP contribution in [0.1, 0.15) is 53.3 Å². The molecule has 0 aliphatic heterocycles. The second-order valence-electron chi connectivity index (χ2n) is 9.26. The number of nitrogens with zero attached hydrogens (tertiary/aromatic N) is 2. The zero-order chi connectivity index (χ0) is 25.3. The fraction of sp³-hybridized carbons (Fsp3) is 0.280. The Morgan fingerprint density at radius 1 is 1.11 bits per heavy atom. The van der Waals surface area contributed by atoms with E-state index in [2.05, 4.69) is 25.6 Å². The van der Waals surface area contributed by atoms with Crippen LogP contribution in [-0.2, 0) is 6.54 Å². The minimum absolute atomic E-state index is 0.0627. The summed E-state index contributed by atoms with van der Waals surface area (Å²) >= 11 is 1.16. The van der Waals surface area contributed by atoms with Gasteiger partial charge >= 0.3 is 0 Å². The van der Waals surface area contributed by atoms with Gasteiger partial charge in [0, 0.05) is 24.3 Å². The maximum atomic E-state index is 13.8. The van der Waals surface area contributed by atoms with Crippen LogP contribution >= 0.6 is 11.3 Å². The highest BCUT2D eigenvalue weighted by Gasteiger charge is 2.24. The number of carbonyl (C=O) groups excluding carboxylic acids is 2. The van der Waals surface area contributed by atoms with Gasteiger partial charge in [-0.1, -0.05) is 26.8 Å². The third kappa shape index (κ3) is 5.22. The number of benzene rings is 1. The third-order valence-corrected chi connectivity index (χ3v) is 6.95. The first-order chi connectivity index (χ1) is 16.5. The number of thiophene rings is 1. The lowest BCUT2D eigenvalue weighted by molar-refractivity contribution is 0.0910. The van der Waals surface area contributed by atoms with E-state index in [0.29, 0.717) is 32.2 Å². The summed E-state index contributed by atoms with van der Waals surface area (Å²) in [7, 11) is 0. The van der Waals surface area contributed by atoms with Gasteiger partial charge in [-0.25, -0.2) is 18.7 Å². The predicted molar refractivity (Wildman–Crippen MR) is 131 cm³/mol. The summed E-state index contributed by atoms with van der Waals surface area (Å²) in [5.74, 6) is -2.15. The molecule has 0 bridgehead atoms. The van der Waals surface area contributed by atoms with Crippen molar-refractivity contribution in [2.75, 3.05) is 0 Å². The number of hydrogen-bond acceptors (Lipinski definition) is 5. The second-order valence-corrected chi connectivity index (χ2v) is 10.3. The molecule has 7 nitrogen and oxygen atoms in total. The van der Waals surface area contributed by atoms with Crippen molar-refractivity contribution in [2.24, 2.45) is 5.41 Å². The zero-order valence-electron chi connectivity index (χ0n) is 19.7. The number of nitrogens with one attached hydrogen (secondary N) is 3. The Hall–Kier alpha value is -3.66. The molecule has 0 saturated carbocycles. The van der Waals surface area contributed by atoms with Gasteiger partial charge in [-0.15, -0.1) is 11.3 Å². The molecular weight excluding hydrogens is 472 g/mol. The Morgan fingerprint density at radius 2 is 1.83 bits per heavy atom. The van der Waals surface area contributed by atoms with Crippen LogP contribution in [0.25, 0.3) is 21.7 Å². The summed E-state index contributed by atoms with van der Waals surface area (Å²) < 4.78 is 27.6. The molecule has 4 aromatic rings. The molecule has 1 aromatic carbocycles. The third-order valence-electron chi connectivity index (χ3n) is 5.84. The average molecular weight is 498 g/mol. The van der Waals surface area contributed by atoms with Crippen LogP contribution in [0, 0.1) is 17.0 Å². The molecule has 182 valence electrons. The van der Waals surface area contributed by atoms with E-state index in [1.165, 1.54) is 6.07 Å². The molecule has 0 aliphatic carbocycles. The van der Waals surface area contributed by atoms with Gasteiger partial charge in [-0.3, -0.25) is 9.59 Å². The van der Waals surface area contributed by atoms with Gasteiger partial charge in [0.2, 0.25) is 0 Å². The zero-order valence-corrected chi connectivity index (χ0v) is 20.5. The first-order valence-electron chi connectivity index (χ1n) is 11.0. The van der Waals surface area contributed by atoms with Crippen LogP contribution in [0.15, 0.2) is 42.7 Å². The highest BCUT2D eigenvalue weighted by atomic mass is 32.1. The van der Waals surface area contributed by atoms with Crippen molar-refractivity contribution in [1.29, 1.82) is 0 Å². The summed E-state index contributed by atoms with van der Waals surface area (Å²) in [5, 5.41) is 5.54. The van der Waals surface area contributed by atoms with Crippen LogP contribution in [0.3, 0.4) is 0 Å². The quantitative estimate of drug-likeness (QED) is 0.347. The fourth-order valence-corrected chi connectivity index (χ4v) is 4.11. The SMILES string of the molecule is C[C@H](NC(=O)c1c[nH]c2ncc(-c3ccc(C(=O)NCc4c(F)cccc4F)s3)nc12)C(C)(C)C. The summed E-state index contributed by atoms with van der Waals surface area (Å²) in [5.41, 5.74) is 1.48. The largest absolute Gasteiger partial charge is 0.349 e. The lowest BCUT2D eigenvalue weighted by atomic mass is 9.88. The maximum Gasteiger partial charge on any atom is 0.261 e. The van der Waals surface area contributed by atoms with Crippen LogP contribution in [0.4, 0.5) is 8.78 Å². The number of aromatic amines is 1. The molecule has 0 unspecified atom stereocenters. The number of H-pyrrole nitrogens is 1. The lowest BCUT2D eigenvalue weighted by Crippen LogP contribution is -2.41. The highest BCUT2D eigenvalue weighted by Crippen LogP contribution is 2.28. The molecule has 35 heavy (non-hydrogen) atoms. The molecule has 0 aliphatic rings. The smallest absolute Gasteiger partial charge is 0.261 e. The Labute approximate surface area is 205 Å². The molecule has 0 saturated heterocycles. The number of hydrogen-bond donors (Lipinski definition) is 3. The Kier molecular flexibility index (Phi) is 6.66. The topological polar surface area (TPSA) is 99.8 Å². The van der Waals surface area contributed by atoms with Gasteiger partial charge < -0.3 is 15.6 Å². The molecule has 0 fully saturated rings. The predicted octanol–water partition coefficient (Wildman–Crippen LogP) is 5.06. The van der Waals surface area contributed by atoms with Gasteiger partial charge in [0.1, 0.15) is 17.2 Å². The van der Waals surface area contributed by atoms with Crippen molar-refractivity contribution in [1.82, 2.24) is 25.6 Å². The van der Waals surface area contributed by atoms with Gasteiger partial charge in [0.25, 0.3) is 11.8 Å². The van der Waals surface area contributed by atoms with Crippen LogP contribution in [0.2, 0.25) is 0 Å². The molecule has 3 N–H and O–H groups in total. The average Bonchev–Trinajstić information content (AvgIpc) is 3.45. The second kappa shape index (κ2) is 9.53. The minimum Gasteiger partial charge on any atom is -0.349 e. The Bertz CT molecular complexity index is 1390. The van der Waals surface area contributed by atoms with E-state index in [9.17, 15) is 18.4 Å². The minimum atomic E-state index is -0.719. The number of fused-ring (bicyclic) bond motifs is 1. The molecule has 10 heteroatoms. The summed E-state index contributed by atoms with van der Waals surface area (Å²) in [6.45, 7) is 7.81. The van der Waals surface area contributed by atoms with Crippen molar-refractivity contribution in [3.8, 4) is 10.6 Å². The van der Waals surface area contributed by atoms with E-state index >= 15 is 0 Å². The number of aromatic nitrogens is 3. The van der Waals surface area contributed by atoms with Crippen LogP contribution in [0.5, 0.6) is 0 Å². The van der Waals surface area contributed by atoms with Crippen molar-refractivity contribution in [2.45, 2.75) is 40.3 Å². The van der Waals surface area contributed by atoms with E-state index < -0.39 is 17.5 Å². The maximum absolute atomic E-state index is 13.8. The molecular formula is C25H25F2N5O2S. The monoisotopic (exact) mass is 497 g/mol. The highest BCUT2D eigenvalue weighted by molar-refractivity contribution is 7.17. The van der Waals surface area contributed by atoms with Crippen molar-refractivity contribution >= 4 is 34.3 Å². The molecule has 0 spiro atoms. The van der Waals surface area contributed by atoms with E-state index in [0.717, 1.165) is 23.5 Å². The summed E-state index contributed by atoms with van der Waals surface area (Å²) in [6.07, 6.45) is 3.13.